The van der Waals surface area contributed by atoms with Crippen LogP contribution in [0.1, 0.15) is 5.69 Å². The van der Waals surface area contributed by atoms with E-state index in [0.29, 0.717) is 5.82 Å². The summed E-state index contributed by atoms with van der Waals surface area (Å²) in [6.45, 7) is 1.06. The number of anilines is 2. The molecular weight excluding hydrogens is 138 g/mol. The quantitative estimate of drug-likeness (QED) is 0.589. The van der Waals surface area contributed by atoms with E-state index in [4.69, 9.17) is 5.73 Å². The standard InChI is InChI=1S/C8H11N3/c1-11-5-4-6-7(11)2-3-8(9)10-6/h2-3H,4-5H2,1H3,(H2,9,10). The minimum Gasteiger partial charge on any atom is -0.384 e. The molecule has 1 aromatic heterocycles. The summed E-state index contributed by atoms with van der Waals surface area (Å²) < 4.78 is 0. The fraction of sp³-hybridized carbons (Fsp3) is 0.375. The van der Waals surface area contributed by atoms with Crippen LogP contribution in [0, 0.1) is 0 Å². The van der Waals surface area contributed by atoms with Gasteiger partial charge in [-0.15, -0.1) is 0 Å². The van der Waals surface area contributed by atoms with Crippen molar-refractivity contribution in [2.45, 2.75) is 6.42 Å². The zero-order chi connectivity index (χ0) is 7.84. The van der Waals surface area contributed by atoms with E-state index in [9.17, 15) is 0 Å². The Labute approximate surface area is 65.8 Å². The smallest absolute Gasteiger partial charge is 0.123 e. The first kappa shape index (κ1) is 6.46. The van der Waals surface area contributed by atoms with Crippen molar-refractivity contribution in [1.29, 1.82) is 0 Å². The molecule has 0 bridgehead atoms. The lowest BCUT2D eigenvalue weighted by atomic mass is 10.3. The van der Waals surface area contributed by atoms with Crippen LogP contribution in [0.4, 0.5) is 11.5 Å². The third-order valence-corrected chi connectivity index (χ3v) is 2.07. The first-order valence-corrected chi connectivity index (χ1v) is 3.74. The lowest BCUT2D eigenvalue weighted by Gasteiger charge is -2.10. The lowest BCUT2D eigenvalue weighted by molar-refractivity contribution is 0.944. The average molecular weight is 149 g/mol. The summed E-state index contributed by atoms with van der Waals surface area (Å²) in [6, 6.07) is 3.88. The highest BCUT2D eigenvalue weighted by Gasteiger charge is 2.15. The van der Waals surface area contributed by atoms with Crippen molar-refractivity contribution in [2.24, 2.45) is 0 Å². The van der Waals surface area contributed by atoms with Crippen molar-refractivity contribution >= 4 is 11.5 Å². The van der Waals surface area contributed by atoms with Crippen LogP contribution in [0.15, 0.2) is 12.1 Å². The van der Waals surface area contributed by atoms with Gasteiger partial charge in [-0.25, -0.2) is 4.98 Å². The molecule has 0 unspecified atom stereocenters. The predicted molar refractivity (Wildman–Crippen MR) is 45.6 cm³/mol. The van der Waals surface area contributed by atoms with E-state index < -0.39 is 0 Å². The topological polar surface area (TPSA) is 42.2 Å². The van der Waals surface area contributed by atoms with Gasteiger partial charge in [-0.3, -0.25) is 0 Å². The van der Waals surface area contributed by atoms with Crippen LogP contribution in [0.3, 0.4) is 0 Å². The Morgan fingerprint density at radius 1 is 1.55 bits per heavy atom. The van der Waals surface area contributed by atoms with Gasteiger partial charge in [-0.1, -0.05) is 0 Å². The van der Waals surface area contributed by atoms with Crippen LogP contribution in [0.25, 0.3) is 0 Å². The van der Waals surface area contributed by atoms with Gasteiger partial charge in [0.15, 0.2) is 0 Å². The van der Waals surface area contributed by atoms with Crippen molar-refractivity contribution in [1.82, 2.24) is 4.98 Å². The Balaban J connectivity index is 2.50. The third kappa shape index (κ3) is 0.926. The van der Waals surface area contributed by atoms with Crippen molar-refractivity contribution in [3.8, 4) is 0 Å². The van der Waals surface area contributed by atoms with E-state index in [1.54, 1.807) is 0 Å². The van der Waals surface area contributed by atoms with Crippen molar-refractivity contribution in [3.63, 3.8) is 0 Å². The molecule has 0 aliphatic carbocycles. The number of hydrogen-bond donors (Lipinski definition) is 1. The number of likely N-dealkylation sites (N-methyl/N-ethyl adjacent to an activating group) is 1. The Bertz CT molecular complexity index is 283. The first-order chi connectivity index (χ1) is 5.27. The van der Waals surface area contributed by atoms with Gasteiger partial charge < -0.3 is 10.6 Å². The fourth-order valence-electron chi connectivity index (χ4n) is 1.44. The molecule has 1 aliphatic heterocycles. The van der Waals surface area contributed by atoms with Gasteiger partial charge in [0, 0.05) is 20.0 Å². The minimum atomic E-state index is 0.624. The van der Waals surface area contributed by atoms with E-state index >= 15 is 0 Å². The molecule has 3 nitrogen and oxygen atoms in total. The van der Waals surface area contributed by atoms with Gasteiger partial charge in [-0.05, 0) is 12.1 Å². The molecule has 2 N–H and O–H groups in total. The van der Waals surface area contributed by atoms with Crippen LogP contribution < -0.4 is 10.6 Å². The first-order valence-electron chi connectivity index (χ1n) is 3.74. The van der Waals surface area contributed by atoms with Gasteiger partial charge in [0.05, 0.1) is 11.4 Å². The fourth-order valence-corrected chi connectivity index (χ4v) is 1.44. The highest BCUT2D eigenvalue weighted by atomic mass is 15.1. The van der Waals surface area contributed by atoms with Gasteiger partial charge in [0.25, 0.3) is 0 Å². The number of rotatable bonds is 0. The zero-order valence-electron chi connectivity index (χ0n) is 6.54. The Morgan fingerprint density at radius 2 is 2.36 bits per heavy atom. The Morgan fingerprint density at radius 3 is 3.18 bits per heavy atom. The summed E-state index contributed by atoms with van der Waals surface area (Å²) >= 11 is 0. The number of nitrogens with zero attached hydrogens (tertiary/aromatic N) is 2. The summed E-state index contributed by atoms with van der Waals surface area (Å²) in [5.41, 5.74) is 7.90. The number of hydrogen-bond acceptors (Lipinski definition) is 3. The van der Waals surface area contributed by atoms with Crippen LogP contribution in [-0.2, 0) is 6.42 Å². The molecule has 0 atom stereocenters. The van der Waals surface area contributed by atoms with E-state index in [1.165, 1.54) is 5.69 Å². The average Bonchev–Trinajstić information content (AvgIpc) is 2.32. The maximum absolute atomic E-state index is 5.55. The monoisotopic (exact) mass is 149 g/mol. The van der Waals surface area contributed by atoms with Crippen LogP contribution in [0.5, 0.6) is 0 Å². The highest BCUT2D eigenvalue weighted by molar-refractivity contribution is 5.57. The molecular formula is C8H11N3. The summed E-state index contributed by atoms with van der Waals surface area (Å²) in [6.07, 6.45) is 1.02. The van der Waals surface area contributed by atoms with Crippen LogP contribution >= 0.6 is 0 Å². The number of fused-ring (bicyclic) bond motifs is 1. The van der Waals surface area contributed by atoms with Crippen LogP contribution in [-0.4, -0.2) is 18.6 Å². The second kappa shape index (κ2) is 2.12. The van der Waals surface area contributed by atoms with E-state index in [2.05, 4.69) is 16.9 Å². The molecule has 1 aromatic rings. The summed E-state index contributed by atoms with van der Waals surface area (Å²) in [4.78, 5) is 6.44. The third-order valence-electron chi connectivity index (χ3n) is 2.07. The van der Waals surface area contributed by atoms with Crippen molar-refractivity contribution < 1.29 is 0 Å². The normalized spacial score (nSPS) is 15.2. The molecule has 2 rings (SSSR count). The molecule has 3 heteroatoms. The zero-order valence-corrected chi connectivity index (χ0v) is 6.54. The largest absolute Gasteiger partial charge is 0.384 e. The summed E-state index contributed by atoms with van der Waals surface area (Å²) in [5, 5.41) is 0. The molecule has 0 spiro atoms. The van der Waals surface area contributed by atoms with Gasteiger partial charge in [0.2, 0.25) is 0 Å². The molecule has 58 valence electrons. The number of aromatic nitrogens is 1. The molecule has 0 fully saturated rings. The molecule has 11 heavy (non-hydrogen) atoms. The predicted octanol–water partition coefficient (Wildman–Crippen LogP) is 0.656. The van der Waals surface area contributed by atoms with Gasteiger partial charge >= 0.3 is 0 Å². The van der Waals surface area contributed by atoms with Gasteiger partial charge in [-0.2, -0.15) is 0 Å². The Kier molecular flexibility index (Phi) is 1.24. The second-order valence-corrected chi connectivity index (χ2v) is 2.87. The Hall–Kier alpha value is -1.25. The molecule has 0 radical (unpaired) electrons. The maximum atomic E-state index is 5.55. The molecule has 1 aliphatic rings. The van der Waals surface area contributed by atoms with Crippen molar-refractivity contribution in [3.05, 3.63) is 17.8 Å². The van der Waals surface area contributed by atoms with Crippen LogP contribution in [0.2, 0.25) is 0 Å². The maximum Gasteiger partial charge on any atom is 0.123 e. The minimum absolute atomic E-state index is 0.624. The van der Waals surface area contributed by atoms with Gasteiger partial charge in [0.1, 0.15) is 5.82 Å². The summed E-state index contributed by atoms with van der Waals surface area (Å²) in [7, 11) is 2.07. The SMILES string of the molecule is CN1CCc2nc(N)ccc21. The van der Waals surface area contributed by atoms with Crippen molar-refractivity contribution in [2.75, 3.05) is 24.2 Å². The van der Waals surface area contributed by atoms with E-state index in [-0.39, 0.29) is 0 Å². The molecule has 2 heterocycles. The second-order valence-electron chi connectivity index (χ2n) is 2.87. The van der Waals surface area contributed by atoms with E-state index in [1.807, 2.05) is 12.1 Å². The number of nitrogen functional groups attached to an aromatic ring is 1. The van der Waals surface area contributed by atoms with E-state index in [0.717, 1.165) is 18.7 Å². The highest BCUT2D eigenvalue weighted by Crippen LogP contribution is 2.24. The molecule has 0 amide bonds. The molecule has 0 saturated heterocycles. The summed E-state index contributed by atoms with van der Waals surface area (Å²) in [5.74, 6) is 0.624. The number of pyridine rings is 1. The number of nitrogens with two attached hydrogens (primary N) is 1. The lowest BCUT2D eigenvalue weighted by Crippen LogP contribution is -2.12. The molecule has 0 aromatic carbocycles. The molecule has 0 saturated carbocycles.